The summed E-state index contributed by atoms with van der Waals surface area (Å²) in [6.45, 7) is 8.64. The third kappa shape index (κ3) is 19.0. The first-order valence-electron chi connectivity index (χ1n) is 18.6. The van der Waals surface area contributed by atoms with Gasteiger partial charge in [0.05, 0.1) is 31.2 Å². The summed E-state index contributed by atoms with van der Waals surface area (Å²) in [5.74, 6) is 2.42. The van der Waals surface area contributed by atoms with Gasteiger partial charge in [0, 0.05) is 34.5 Å². The standard InChI is InChI=1S/C30H36N2S4.C12H12N2.2CNS.Ru/c1-3-5-7-9-19-33-29-13-11-27(35-29)23-15-17-31-25(21-23)26-22-24(16-18-32-26)28-12-14-30(36-28)34-20-10-8-6-4-2;1-9-3-5-13-11(7-9)12-8-10(2)4-6-14-12;2*2-1-3;/h11-18,21-22H,3-10,19-20H2,1-2H3;3-8H,1-2H3;;;/q;;2*-1;+2. The first-order valence-corrected chi connectivity index (χ1v) is 23.0. The summed E-state index contributed by atoms with van der Waals surface area (Å²) < 4.78 is 2.80. The monoisotopic (exact) mass is 954 g/mol. The second-order valence-corrected chi connectivity index (χ2v) is 17.9. The van der Waals surface area contributed by atoms with Gasteiger partial charge in [-0.15, -0.1) is 46.2 Å². The number of isothiocyanates is 2. The van der Waals surface area contributed by atoms with E-state index in [2.05, 4.69) is 121 Å². The predicted molar refractivity (Wildman–Crippen MR) is 253 cm³/mol. The molecule has 13 heteroatoms. The molecule has 6 heterocycles. The number of aromatic nitrogens is 4. The molecule has 0 saturated carbocycles. The predicted octanol–water partition coefficient (Wildman–Crippen LogP) is 15.0. The van der Waals surface area contributed by atoms with Crippen molar-refractivity contribution in [1.82, 2.24) is 19.9 Å². The number of hydrogen-bond acceptors (Lipinski definition) is 10. The largest absolute Gasteiger partial charge is 2.00 e. The van der Waals surface area contributed by atoms with E-state index in [9.17, 15) is 0 Å². The molecule has 0 aliphatic carbocycles. The topological polar surface area (TPSA) is 96.2 Å². The van der Waals surface area contributed by atoms with E-state index in [1.807, 2.05) is 95.3 Å². The second-order valence-electron chi connectivity index (χ2n) is 12.5. The summed E-state index contributed by atoms with van der Waals surface area (Å²) in [5.41, 5.74) is 8.58. The van der Waals surface area contributed by atoms with Gasteiger partial charge in [0.1, 0.15) is 0 Å². The van der Waals surface area contributed by atoms with E-state index in [0.717, 1.165) is 22.8 Å². The Balaban J connectivity index is 0.000000441. The fourth-order valence-corrected chi connectivity index (χ4v) is 9.71. The van der Waals surface area contributed by atoms with Crippen molar-refractivity contribution in [2.75, 3.05) is 11.5 Å². The van der Waals surface area contributed by atoms with Crippen molar-refractivity contribution in [2.24, 2.45) is 0 Å². The average Bonchev–Trinajstić information content (AvgIpc) is 3.90. The minimum atomic E-state index is 0. The molecule has 6 nitrogen and oxygen atoms in total. The summed E-state index contributed by atoms with van der Waals surface area (Å²) in [4.78, 5) is 20.5. The molecule has 57 heavy (non-hydrogen) atoms. The minimum Gasteiger partial charge on any atom is -0.753 e. The molecule has 0 aromatic carbocycles. The summed E-state index contributed by atoms with van der Waals surface area (Å²) >= 11 is 15.1. The van der Waals surface area contributed by atoms with Crippen molar-refractivity contribution >= 4 is 81.0 Å². The molecule has 6 rings (SSSR count). The number of nitrogens with zero attached hydrogens (tertiary/aromatic N) is 6. The van der Waals surface area contributed by atoms with Crippen LogP contribution in [0.25, 0.3) is 54.5 Å². The van der Waals surface area contributed by atoms with Gasteiger partial charge in [-0.05, 0) is 133 Å². The zero-order valence-corrected chi connectivity index (χ0v) is 39.4. The van der Waals surface area contributed by atoms with Crippen LogP contribution in [-0.4, -0.2) is 41.8 Å². The van der Waals surface area contributed by atoms with Crippen molar-refractivity contribution < 1.29 is 19.5 Å². The molecule has 0 bridgehead atoms. The third-order valence-corrected chi connectivity index (χ3v) is 13.0. The van der Waals surface area contributed by atoms with Crippen molar-refractivity contribution in [3.8, 4) is 43.7 Å². The van der Waals surface area contributed by atoms with Crippen LogP contribution in [0.1, 0.15) is 76.3 Å². The Morgan fingerprint density at radius 2 is 0.877 bits per heavy atom. The number of thioether (sulfide) groups is 2. The molecule has 0 aliphatic heterocycles. The smallest absolute Gasteiger partial charge is 0.753 e. The van der Waals surface area contributed by atoms with Crippen LogP contribution in [0.15, 0.2) is 106 Å². The number of thiocarbonyl (C=S) groups is 2. The second kappa shape index (κ2) is 30.0. The van der Waals surface area contributed by atoms with E-state index < -0.39 is 0 Å². The molecule has 0 atom stereocenters. The number of rotatable bonds is 16. The first kappa shape index (κ1) is 50.1. The molecule has 298 valence electrons. The maximum absolute atomic E-state index is 7.13. The van der Waals surface area contributed by atoms with E-state index >= 15 is 0 Å². The molecule has 0 aliphatic rings. The van der Waals surface area contributed by atoms with Crippen molar-refractivity contribution in [1.29, 1.82) is 0 Å². The van der Waals surface area contributed by atoms with Gasteiger partial charge < -0.3 is 10.8 Å². The molecule has 6 aromatic heterocycles. The van der Waals surface area contributed by atoms with Gasteiger partial charge in [-0.25, -0.2) is 0 Å². The Bertz CT molecular complexity index is 1960. The number of thiophene rings is 2. The number of unbranched alkanes of at least 4 members (excludes halogenated alkanes) is 6. The van der Waals surface area contributed by atoms with Gasteiger partial charge in [-0.1, -0.05) is 76.8 Å². The Morgan fingerprint density at radius 1 is 0.526 bits per heavy atom. The third-order valence-electron chi connectivity index (χ3n) is 8.09. The minimum absolute atomic E-state index is 0. The number of aryl methyl sites for hydroxylation is 2. The van der Waals surface area contributed by atoms with E-state index in [-0.39, 0.29) is 19.5 Å². The fraction of sp³-hybridized carbons (Fsp3) is 0.318. The molecule has 6 aromatic rings. The van der Waals surface area contributed by atoms with Gasteiger partial charge >= 0.3 is 19.5 Å². The van der Waals surface area contributed by atoms with Gasteiger partial charge in [-0.3, -0.25) is 19.9 Å². The number of hydrogen-bond donors (Lipinski definition) is 0. The zero-order valence-electron chi connectivity index (χ0n) is 32.8. The molecule has 0 radical (unpaired) electrons. The van der Waals surface area contributed by atoms with Crippen molar-refractivity contribution in [3.05, 3.63) is 120 Å². The summed E-state index contributed by atoms with van der Waals surface area (Å²) in [6.07, 6.45) is 18.0. The first-order chi connectivity index (χ1) is 27.3. The quantitative estimate of drug-likeness (QED) is 0.0311. The van der Waals surface area contributed by atoms with Crippen LogP contribution < -0.4 is 0 Å². The van der Waals surface area contributed by atoms with Crippen LogP contribution in [0.3, 0.4) is 0 Å². The van der Waals surface area contributed by atoms with Gasteiger partial charge in [0.15, 0.2) is 0 Å². The maximum Gasteiger partial charge on any atom is 2.00 e. The summed E-state index contributed by atoms with van der Waals surface area (Å²) in [5, 5.41) is 16.9. The summed E-state index contributed by atoms with van der Waals surface area (Å²) in [6, 6.07) is 25.7. The molecule has 0 spiro atoms. The van der Waals surface area contributed by atoms with E-state index in [0.29, 0.717) is 0 Å². The van der Waals surface area contributed by atoms with Crippen LogP contribution in [0.2, 0.25) is 0 Å². The van der Waals surface area contributed by atoms with Crippen LogP contribution in [0, 0.1) is 13.8 Å². The maximum atomic E-state index is 7.13. The Kier molecular flexibility index (Phi) is 26.4. The Morgan fingerprint density at radius 3 is 1.23 bits per heavy atom. The van der Waals surface area contributed by atoms with Crippen molar-refractivity contribution in [3.63, 3.8) is 0 Å². The van der Waals surface area contributed by atoms with Crippen molar-refractivity contribution in [2.45, 2.75) is 87.5 Å². The van der Waals surface area contributed by atoms with Crippen LogP contribution in [0.5, 0.6) is 0 Å². The summed E-state index contributed by atoms with van der Waals surface area (Å²) in [7, 11) is 0. The Hall–Kier alpha value is -3.08. The SMILES string of the molecule is CCCCCCSc1ccc(-c2ccnc(-c3cc(-c4ccc(SCCCCCC)s4)ccn3)c2)s1.Cc1ccnc(-c2cc(C)ccn2)c1.[N-]=C=S.[N-]=C=S.[Ru+2]. The van der Waals surface area contributed by atoms with Crippen LogP contribution in [0.4, 0.5) is 0 Å². The molecular weight excluding hydrogens is 906 g/mol. The Labute approximate surface area is 379 Å². The van der Waals surface area contributed by atoms with E-state index in [1.54, 1.807) is 0 Å². The van der Waals surface area contributed by atoms with E-state index in [4.69, 9.17) is 10.8 Å². The molecule has 0 saturated heterocycles. The molecule has 0 fully saturated rings. The van der Waals surface area contributed by atoms with Gasteiger partial charge in [0.2, 0.25) is 0 Å². The fourth-order valence-electron chi connectivity index (χ4n) is 5.31. The van der Waals surface area contributed by atoms with Crippen LogP contribution >= 0.6 is 70.6 Å². The normalized spacial score (nSPS) is 9.89. The molecular formula is C44H48N6RuS6. The van der Waals surface area contributed by atoms with Gasteiger partial charge in [0.25, 0.3) is 0 Å². The molecule has 0 unspecified atom stereocenters. The number of pyridine rings is 4. The molecule has 0 N–H and O–H groups in total. The van der Waals surface area contributed by atoms with Crippen LogP contribution in [-0.2, 0) is 19.5 Å². The van der Waals surface area contributed by atoms with E-state index in [1.165, 1.54) is 114 Å². The zero-order chi connectivity index (χ0) is 40.4. The average molecular weight is 954 g/mol. The van der Waals surface area contributed by atoms with Gasteiger partial charge in [-0.2, -0.15) is 10.3 Å². The molecule has 0 amide bonds.